The Hall–Kier alpha value is -1.25. The van der Waals surface area contributed by atoms with Gasteiger partial charge in [0.2, 0.25) is 5.91 Å². The Labute approximate surface area is 105 Å². The van der Waals surface area contributed by atoms with Crippen molar-refractivity contribution in [2.75, 3.05) is 6.54 Å². The molecular formula is C14H26N2O. The van der Waals surface area contributed by atoms with Gasteiger partial charge in [-0.05, 0) is 25.0 Å². The first-order chi connectivity index (χ1) is 8.29. The summed E-state index contributed by atoms with van der Waals surface area (Å²) in [5.74, 6) is 0.178. The number of aromatic nitrogens is 1. The first-order valence-corrected chi connectivity index (χ1v) is 6.69. The number of H-pyrrole nitrogens is 1. The fourth-order valence-corrected chi connectivity index (χ4v) is 2.02. The quantitative estimate of drug-likeness (QED) is 0.794. The van der Waals surface area contributed by atoms with Gasteiger partial charge in [-0.25, -0.2) is 0 Å². The molecule has 2 rings (SSSR count). The molecule has 0 spiro atoms. The number of rotatable bonds is 1. The lowest BCUT2D eigenvalue weighted by Gasteiger charge is -2.22. The van der Waals surface area contributed by atoms with Gasteiger partial charge in [0.15, 0.2) is 0 Å². The zero-order chi connectivity index (χ0) is 13.3. The minimum absolute atomic E-state index is 0.178. The van der Waals surface area contributed by atoms with E-state index in [-0.39, 0.29) is 11.9 Å². The number of aromatic amines is 1. The molecule has 98 valence electrons. The topological polar surface area (TPSA) is 36.1 Å². The summed E-state index contributed by atoms with van der Waals surface area (Å²) in [6, 6.07) is 4.31. The van der Waals surface area contributed by atoms with Crippen LogP contribution in [0.4, 0.5) is 0 Å². The maximum atomic E-state index is 11.3. The van der Waals surface area contributed by atoms with Crippen LogP contribution in [-0.2, 0) is 4.79 Å². The van der Waals surface area contributed by atoms with E-state index in [0.29, 0.717) is 0 Å². The summed E-state index contributed by atoms with van der Waals surface area (Å²) >= 11 is 0. The van der Waals surface area contributed by atoms with Crippen molar-refractivity contribution in [2.24, 2.45) is 0 Å². The standard InChI is InChI=1S/C10H14N2O.2C2H6/c1-8(13)12-7-3-5-10(12)9-4-2-6-11-9;2*1-2/h2,4,6,10-11H,3,5,7H2,1H3;2*1-2H3. The molecule has 0 aliphatic carbocycles. The fraction of sp³-hybridized carbons (Fsp3) is 0.643. The van der Waals surface area contributed by atoms with E-state index in [9.17, 15) is 4.79 Å². The molecule has 1 unspecified atom stereocenters. The monoisotopic (exact) mass is 238 g/mol. The molecule has 1 aromatic heterocycles. The first kappa shape index (κ1) is 15.8. The van der Waals surface area contributed by atoms with Gasteiger partial charge in [-0.1, -0.05) is 27.7 Å². The second kappa shape index (κ2) is 8.85. The van der Waals surface area contributed by atoms with Crippen LogP contribution in [0.3, 0.4) is 0 Å². The Morgan fingerprint density at radius 2 is 2.00 bits per heavy atom. The molecular weight excluding hydrogens is 212 g/mol. The summed E-state index contributed by atoms with van der Waals surface area (Å²) < 4.78 is 0. The van der Waals surface area contributed by atoms with Gasteiger partial charge in [-0.3, -0.25) is 4.79 Å². The molecule has 2 heterocycles. The molecule has 0 radical (unpaired) electrons. The van der Waals surface area contributed by atoms with Crippen LogP contribution < -0.4 is 0 Å². The van der Waals surface area contributed by atoms with Crippen LogP contribution in [0.1, 0.15) is 59.2 Å². The van der Waals surface area contributed by atoms with Gasteiger partial charge in [-0.2, -0.15) is 0 Å². The van der Waals surface area contributed by atoms with Gasteiger partial charge in [0.25, 0.3) is 0 Å². The number of amides is 1. The molecule has 1 aromatic rings. The summed E-state index contributed by atoms with van der Waals surface area (Å²) in [4.78, 5) is 16.4. The highest BCUT2D eigenvalue weighted by Gasteiger charge is 2.27. The normalized spacial score (nSPS) is 17.7. The van der Waals surface area contributed by atoms with Gasteiger partial charge < -0.3 is 9.88 Å². The third-order valence-electron chi connectivity index (χ3n) is 2.64. The zero-order valence-corrected chi connectivity index (χ0v) is 11.8. The van der Waals surface area contributed by atoms with Gasteiger partial charge in [0.1, 0.15) is 0 Å². The number of nitrogens with one attached hydrogen (secondary N) is 1. The summed E-state index contributed by atoms with van der Waals surface area (Å²) in [5.41, 5.74) is 1.16. The van der Waals surface area contributed by atoms with Crippen LogP contribution in [0.2, 0.25) is 0 Å². The Bertz CT molecular complexity index is 293. The number of likely N-dealkylation sites (tertiary alicyclic amines) is 1. The van der Waals surface area contributed by atoms with Gasteiger partial charge in [0.05, 0.1) is 6.04 Å². The van der Waals surface area contributed by atoms with Crippen LogP contribution in [0.5, 0.6) is 0 Å². The number of hydrogen-bond donors (Lipinski definition) is 1. The molecule has 1 aliphatic heterocycles. The molecule has 1 saturated heterocycles. The lowest BCUT2D eigenvalue weighted by molar-refractivity contribution is -0.129. The highest BCUT2D eigenvalue weighted by atomic mass is 16.2. The third kappa shape index (κ3) is 4.25. The largest absolute Gasteiger partial charge is 0.363 e. The highest BCUT2D eigenvalue weighted by molar-refractivity contribution is 5.74. The van der Waals surface area contributed by atoms with Crippen molar-refractivity contribution < 1.29 is 4.79 Å². The van der Waals surface area contributed by atoms with Gasteiger partial charge in [-0.15, -0.1) is 0 Å². The number of carbonyl (C=O) groups is 1. The van der Waals surface area contributed by atoms with Crippen molar-refractivity contribution in [3.8, 4) is 0 Å². The Morgan fingerprint density at radius 3 is 2.47 bits per heavy atom. The number of nitrogens with zero attached hydrogens (tertiary/aromatic N) is 1. The minimum atomic E-state index is 0.178. The maximum Gasteiger partial charge on any atom is 0.220 e. The van der Waals surface area contributed by atoms with E-state index in [1.165, 1.54) is 0 Å². The van der Waals surface area contributed by atoms with E-state index in [2.05, 4.69) is 4.98 Å². The van der Waals surface area contributed by atoms with Crippen LogP contribution in [-0.4, -0.2) is 22.3 Å². The van der Waals surface area contributed by atoms with E-state index in [0.717, 1.165) is 25.1 Å². The van der Waals surface area contributed by atoms with Crippen molar-refractivity contribution >= 4 is 5.91 Å². The van der Waals surface area contributed by atoms with Crippen molar-refractivity contribution in [1.82, 2.24) is 9.88 Å². The van der Waals surface area contributed by atoms with Crippen molar-refractivity contribution in [2.45, 2.75) is 53.5 Å². The number of carbonyl (C=O) groups excluding carboxylic acids is 1. The molecule has 1 fully saturated rings. The molecule has 1 atom stereocenters. The molecule has 0 saturated carbocycles. The van der Waals surface area contributed by atoms with Crippen LogP contribution in [0.25, 0.3) is 0 Å². The van der Waals surface area contributed by atoms with Crippen LogP contribution in [0.15, 0.2) is 18.3 Å². The number of hydrogen-bond acceptors (Lipinski definition) is 1. The summed E-state index contributed by atoms with van der Waals surface area (Å²) in [5, 5.41) is 0. The third-order valence-corrected chi connectivity index (χ3v) is 2.64. The Kier molecular flexibility index (Phi) is 8.20. The van der Waals surface area contributed by atoms with Crippen molar-refractivity contribution in [3.63, 3.8) is 0 Å². The summed E-state index contributed by atoms with van der Waals surface area (Å²) in [6.07, 6.45) is 4.11. The van der Waals surface area contributed by atoms with E-state index in [1.807, 2.05) is 50.9 Å². The van der Waals surface area contributed by atoms with E-state index in [4.69, 9.17) is 0 Å². The fourth-order valence-electron chi connectivity index (χ4n) is 2.02. The average molecular weight is 238 g/mol. The van der Waals surface area contributed by atoms with Crippen LogP contribution in [0, 0.1) is 0 Å². The minimum Gasteiger partial charge on any atom is -0.363 e. The molecule has 3 heteroatoms. The molecule has 1 aliphatic rings. The predicted molar refractivity (Wildman–Crippen MR) is 72.9 cm³/mol. The van der Waals surface area contributed by atoms with Gasteiger partial charge in [0, 0.05) is 25.4 Å². The summed E-state index contributed by atoms with van der Waals surface area (Å²) in [7, 11) is 0. The zero-order valence-electron chi connectivity index (χ0n) is 11.8. The first-order valence-electron chi connectivity index (χ1n) is 6.69. The van der Waals surface area contributed by atoms with Crippen molar-refractivity contribution in [1.29, 1.82) is 0 Å². The molecule has 17 heavy (non-hydrogen) atoms. The smallest absolute Gasteiger partial charge is 0.220 e. The SMILES string of the molecule is CC.CC.CC(=O)N1CCCC1c1ccc[nH]1. The molecule has 3 nitrogen and oxygen atoms in total. The lowest BCUT2D eigenvalue weighted by Crippen LogP contribution is -2.28. The van der Waals surface area contributed by atoms with E-state index < -0.39 is 0 Å². The second-order valence-corrected chi connectivity index (χ2v) is 3.50. The van der Waals surface area contributed by atoms with E-state index >= 15 is 0 Å². The highest BCUT2D eigenvalue weighted by Crippen LogP contribution is 2.30. The van der Waals surface area contributed by atoms with Crippen molar-refractivity contribution in [3.05, 3.63) is 24.0 Å². The molecule has 1 amide bonds. The maximum absolute atomic E-state index is 11.3. The summed E-state index contributed by atoms with van der Waals surface area (Å²) in [6.45, 7) is 10.5. The van der Waals surface area contributed by atoms with E-state index in [1.54, 1.807) is 6.92 Å². The second-order valence-electron chi connectivity index (χ2n) is 3.50. The lowest BCUT2D eigenvalue weighted by atomic mass is 10.1. The molecule has 0 aromatic carbocycles. The predicted octanol–water partition coefficient (Wildman–Crippen LogP) is 3.75. The van der Waals surface area contributed by atoms with Crippen LogP contribution >= 0.6 is 0 Å². The Balaban J connectivity index is 0.000000581. The molecule has 0 bridgehead atoms. The Morgan fingerprint density at radius 1 is 1.35 bits per heavy atom. The average Bonchev–Trinajstić information content (AvgIpc) is 3.04. The van der Waals surface area contributed by atoms with Gasteiger partial charge >= 0.3 is 0 Å². The molecule has 1 N–H and O–H groups in total.